The predicted molar refractivity (Wildman–Crippen MR) is 58.9 cm³/mol. The summed E-state index contributed by atoms with van der Waals surface area (Å²) in [4.78, 5) is 17.1. The fourth-order valence-corrected chi connectivity index (χ4v) is 2.51. The van der Waals surface area contributed by atoms with Crippen LogP contribution < -0.4 is 4.90 Å². The minimum absolute atomic E-state index is 0.274. The SMILES string of the molecule is O=C(O)N1CCN(c2nc(C(F)(F)F)cs2)CC1. The second kappa shape index (κ2) is 4.63. The third-order valence-electron chi connectivity index (χ3n) is 2.60. The first kappa shape index (κ1) is 12.9. The molecule has 1 fully saturated rings. The van der Waals surface area contributed by atoms with Gasteiger partial charge in [0, 0.05) is 31.6 Å². The Morgan fingerprint density at radius 3 is 2.39 bits per heavy atom. The second-order valence-electron chi connectivity index (χ2n) is 3.77. The third kappa shape index (κ3) is 2.66. The van der Waals surface area contributed by atoms with Crippen molar-refractivity contribution in [1.29, 1.82) is 0 Å². The number of carboxylic acid groups (broad SMARTS) is 1. The van der Waals surface area contributed by atoms with E-state index in [1.54, 1.807) is 4.90 Å². The maximum Gasteiger partial charge on any atom is 0.434 e. The minimum Gasteiger partial charge on any atom is -0.465 e. The Morgan fingerprint density at radius 1 is 1.33 bits per heavy atom. The number of carbonyl (C=O) groups is 1. The van der Waals surface area contributed by atoms with E-state index < -0.39 is 18.0 Å². The van der Waals surface area contributed by atoms with Gasteiger partial charge in [-0.05, 0) is 0 Å². The molecule has 0 aromatic carbocycles. The van der Waals surface area contributed by atoms with Crippen molar-refractivity contribution in [2.75, 3.05) is 31.1 Å². The smallest absolute Gasteiger partial charge is 0.434 e. The number of piperazine rings is 1. The summed E-state index contributed by atoms with van der Waals surface area (Å²) in [7, 11) is 0. The summed E-state index contributed by atoms with van der Waals surface area (Å²) >= 11 is 0.921. The molecule has 0 bridgehead atoms. The highest BCUT2D eigenvalue weighted by Crippen LogP contribution is 2.33. The van der Waals surface area contributed by atoms with Gasteiger partial charge in [0.2, 0.25) is 0 Å². The molecule has 0 aliphatic carbocycles. The number of amides is 1. The van der Waals surface area contributed by atoms with E-state index >= 15 is 0 Å². The first-order valence-corrected chi connectivity index (χ1v) is 6.01. The number of aromatic nitrogens is 1. The van der Waals surface area contributed by atoms with Crippen LogP contribution in [0.1, 0.15) is 5.69 Å². The topological polar surface area (TPSA) is 56.7 Å². The van der Waals surface area contributed by atoms with Crippen LogP contribution in [0.4, 0.5) is 23.1 Å². The van der Waals surface area contributed by atoms with E-state index in [-0.39, 0.29) is 18.2 Å². The molecule has 1 aliphatic rings. The van der Waals surface area contributed by atoms with Crippen LogP contribution in [-0.4, -0.2) is 47.3 Å². The summed E-state index contributed by atoms with van der Waals surface area (Å²) in [6.07, 6.45) is -5.44. The summed E-state index contributed by atoms with van der Waals surface area (Å²) in [5.41, 5.74) is -0.900. The second-order valence-corrected chi connectivity index (χ2v) is 4.61. The zero-order valence-electron chi connectivity index (χ0n) is 9.15. The zero-order valence-corrected chi connectivity index (χ0v) is 9.96. The van der Waals surface area contributed by atoms with Crippen LogP contribution in [0.3, 0.4) is 0 Å². The van der Waals surface area contributed by atoms with E-state index in [1.165, 1.54) is 4.90 Å². The monoisotopic (exact) mass is 281 g/mol. The van der Waals surface area contributed by atoms with Gasteiger partial charge in [0.15, 0.2) is 10.8 Å². The summed E-state index contributed by atoms with van der Waals surface area (Å²) < 4.78 is 37.1. The van der Waals surface area contributed by atoms with Gasteiger partial charge in [0.25, 0.3) is 0 Å². The van der Waals surface area contributed by atoms with Crippen molar-refractivity contribution in [2.24, 2.45) is 0 Å². The molecule has 0 radical (unpaired) electrons. The maximum atomic E-state index is 12.4. The standard InChI is InChI=1S/C9H10F3N3O2S/c10-9(11,12)6-5-18-7(13-6)14-1-3-15(4-2-14)8(16)17/h5H,1-4H2,(H,16,17). The molecular weight excluding hydrogens is 271 g/mol. The molecule has 1 aromatic rings. The zero-order chi connectivity index (χ0) is 13.3. The molecule has 100 valence electrons. The average molecular weight is 281 g/mol. The lowest BCUT2D eigenvalue weighted by atomic mass is 10.3. The predicted octanol–water partition coefficient (Wildman–Crippen LogP) is 1.96. The minimum atomic E-state index is -4.43. The highest BCUT2D eigenvalue weighted by molar-refractivity contribution is 7.13. The number of anilines is 1. The van der Waals surface area contributed by atoms with Crippen LogP contribution >= 0.6 is 11.3 Å². The van der Waals surface area contributed by atoms with Crippen molar-refractivity contribution in [2.45, 2.75) is 6.18 Å². The van der Waals surface area contributed by atoms with Gasteiger partial charge in [0.05, 0.1) is 0 Å². The average Bonchev–Trinajstić information content (AvgIpc) is 2.78. The van der Waals surface area contributed by atoms with Crippen molar-refractivity contribution < 1.29 is 23.1 Å². The van der Waals surface area contributed by atoms with Crippen molar-refractivity contribution >= 4 is 22.6 Å². The van der Waals surface area contributed by atoms with Crippen molar-refractivity contribution in [3.05, 3.63) is 11.1 Å². The summed E-state index contributed by atoms with van der Waals surface area (Å²) in [6.45, 7) is 1.26. The molecule has 18 heavy (non-hydrogen) atoms. The fourth-order valence-electron chi connectivity index (χ4n) is 1.63. The van der Waals surface area contributed by atoms with E-state index in [1.807, 2.05) is 0 Å². The number of hydrogen-bond donors (Lipinski definition) is 1. The van der Waals surface area contributed by atoms with Crippen LogP contribution in [-0.2, 0) is 6.18 Å². The van der Waals surface area contributed by atoms with Gasteiger partial charge in [-0.15, -0.1) is 11.3 Å². The molecule has 0 atom stereocenters. The summed E-state index contributed by atoms with van der Waals surface area (Å²) in [5.74, 6) is 0. The number of hydrogen-bond acceptors (Lipinski definition) is 4. The van der Waals surface area contributed by atoms with Crippen molar-refractivity contribution in [3.63, 3.8) is 0 Å². The Balaban J connectivity index is 2.02. The molecule has 1 N–H and O–H groups in total. The molecule has 1 saturated heterocycles. The molecule has 1 amide bonds. The van der Waals surface area contributed by atoms with Crippen LogP contribution in [0.25, 0.3) is 0 Å². The first-order valence-electron chi connectivity index (χ1n) is 5.13. The molecule has 2 rings (SSSR count). The van der Waals surface area contributed by atoms with E-state index in [4.69, 9.17) is 5.11 Å². The Kier molecular flexibility index (Phi) is 3.33. The third-order valence-corrected chi connectivity index (χ3v) is 3.50. The number of alkyl halides is 3. The van der Waals surface area contributed by atoms with Crippen LogP contribution in [0.5, 0.6) is 0 Å². The number of rotatable bonds is 1. The molecule has 0 spiro atoms. The largest absolute Gasteiger partial charge is 0.465 e. The van der Waals surface area contributed by atoms with Crippen LogP contribution in [0, 0.1) is 0 Å². The molecule has 0 unspecified atom stereocenters. The van der Waals surface area contributed by atoms with Gasteiger partial charge in [-0.3, -0.25) is 0 Å². The van der Waals surface area contributed by atoms with E-state index in [2.05, 4.69) is 4.98 Å². The highest BCUT2D eigenvalue weighted by atomic mass is 32.1. The Labute approximate surface area is 104 Å². The molecule has 5 nitrogen and oxygen atoms in total. The number of halogens is 3. The molecule has 0 saturated carbocycles. The van der Waals surface area contributed by atoms with E-state index in [9.17, 15) is 18.0 Å². The molecule has 9 heteroatoms. The van der Waals surface area contributed by atoms with E-state index in [0.717, 1.165) is 16.7 Å². The van der Waals surface area contributed by atoms with Crippen molar-refractivity contribution in [3.8, 4) is 0 Å². The Morgan fingerprint density at radius 2 is 1.94 bits per heavy atom. The molecular formula is C9H10F3N3O2S. The Hall–Kier alpha value is -1.51. The summed E-state index contributed by atoms with van der Waals surface area (Å²) in [6, 6.07) is 0. The number of nitrogens with zero attached hydrogens (tertiary/aromatic N) is 3. The lowest BCUT2D eigenvalue weighted by Crippen LogP contribution is -2.48. The van der Waals surface area contributed by atoms with Crippen molar-refractivity contribution in [1.82, 2.24) is 9.88 Å². The maximum absolute atomic E-state index is 12.4. The van der Waals surface area contributed by atoms with Gasteiger partial charge >= 0.3 is 12.3 Å². The van der Waals surface area contributed by atoms with Gasteiger partial charge in [-0.2, -0.15) is 13.2 Å². The number of thiazole rings is 1. The molecule has 1 aromatic heterocycles. The van der Waals surface area contributed by atoms with Gasteiger partial charge in [-0.25, -0.2) is 9.78 Å². The summed E-state index contributed by atoms with van der Waals surface area (Å²) in [5, 5.41) is 10.0. The van der Waals surface area contributed by atoms with Crippen LogP contribution in [0.15, 0.2) is 5.38 Å². The van der Waals surface area contributed by atoms with Crippen LogP contribution in [0.2, 0.25) is 0 Å². The van der Waals surface area contributed by atoms with E-state index in [0.29, 0.717) is 13.1 Å². The Bertz CT molecular complexity index is 441. The fraction of sp³-hybridized carbons (Fsp3) is 0.556. The lowest BCUT2D eigenvalue weighted by Gasteiger charge is -2.32. The molecule has 1 aliphatic heterocycles. The van der Waals surface area contributed by atoms with Gasteiger partial charge < -0.3 is 14.9 Å². The normalized spacial score (nSPS) is 17.1. The lowest BCUT2D eigenvalue weighted by molar-refractivity contribution is -0.140. The quantitative estimate of drug-likeness (QED) is 0.855. The molecule has 2 heterocycles. The van der Waals surface area contributed by atoms with Gasteiger partial charge in [0.1, 0.15) is 0 Å². The first-order chi connectivity index (χ1) is 8.38. The highest BCUT2D eigenvalue weighted by Gasteiger charge is 2.34. The van der Waals surface area contributed by atoms with Gasteiger partial charge in [-0.1, -0.05) is 0 Å².